The third-order valence-corrected chi connectivity index (χ3v) is 6.23. The number of benzene rings is 3. The molecule has 0 unspecified atom stereocenters. The van der Waals surface area contributed by atoms with Crippen molar-refractivity contribution >= 4 is 35.0 Å². The van der Waals surface area contributed by atoms with Crippen LogP contribution in [0.25, 0.3) is 11.4 Å². The molecule has 0 saturated carbocycles. The number of rotatable bonds is 8. The summed E-state index contributed by atoms with van der Waals surface area (Å²) in [5.41, 5.74) is 4.02. The molecular formula is C25H23ClN4OS. The van der Waals surface area contributed by atoms with Gasteiger partial charge < -0.3 is 5.32 Å². The average Bonchev–Trinajstić information content (AvgIpc) is 3.21. The van der Waals surface area contributed by atoms with Crippen LogP contribution in [0.2, 0.25) is 5.02 Å². The smallest absolute Gasteiger partial charge is 0.234 e. The molecule has 0 aliphatic heterocycles. The lowest BCUT2D eigenvalue weighted by atomic mass is 10.1. The molecule has 0 aliphatic carbocycles. The highest BCUT2D eigenvalue weighted by Gasteiger charge is 2.16. The van der Waals surface area contributed by atoms with E-state index in [1.807, 2.05) is 71.3 Å². The first-order chi connectivity index (χ1) is 15.6. The molecule has 32 heavy (non-hydrogen) atoms. The highest BCUT2D eigenvalue weighted by Crippen LogP contribution is 2.26. The number of hydrogen-bond acceptors (Lipinski definition) is 4. The number of aryl methyl sites for hydroxylation is 1. The van der Waals surface area contributed by atoms with Crippen LogP contribution >= 0.6 is 23.4 Å². The van der Waals surface area contributed by atoms with Crippen LogP contribution in [-0.4, -0.2) is 26.4 Å². The maximum Gasteiger partial charge on any atom is 0.234 e. The van der Waals surface area contributed by atoms with Gasteiger partial charge in [0.25, 0.3) is 0 Å². The molecule has 0 spiro atoms. The lowest BCUT2D eigenvalue weighted by Gasteiger charge is -2.12. The highest BCUT2D eigenvalue weighted by molar-refractivity contribution is 7.99. The Morgan fingerprint density at radius 1 is 0.969 bits per heavy atom. The zero-order valence-corrected chi connectivity index (χ0v) is 19.2. The van der Waals surface area contributed by atoms with E-state index in [9.17, 15) is 4.79 Å². The molecule has 3 aromatic carbocycles. The Hall–Kier alpha value is -3.09. The summed E-state index contributed by atoms with van der Waals surface area (Å²) < 4.78 is 2.04. The highest BCUT2D eigenvalue weighted by atomic mass is 35.5. The van der Waals surface area contributed by atoms with Gasteiger partial charge in [-0.1, -0.05) is 78.8 Å². The van der Waals surface area contributed by atoms with Crippen molar-refractivity contribution in [3.8, 4) is 11.4 Å². The van der Waals surface area contributed by atoms with Crippen LogP contribution < -0.4 is 5.32 Å². The Kier molecular flexibility index (Phi) is 7.24. The van der Waals surface area contributed by atoms with Crippen molar-refractivity contribution in [1.82, 2.24) is 14.8 Å². The van der Waals surface area contributed by atoms with Crippen molar-refractivity contribution in [2.75, 3.05) is 11.1 Å². The molecule has 0 saturated heterocycles. The number of hydrogen-bond donors (Lipinski definition) is 1. The van der Waals surface area contributed by atoms with Crippen molar-refractivity contribution < 1.29 is 4.79 Å². The number of aromatic nitrogens is 3. The molecule has 162 valence electrons. The monoisotopic (exact) mass is 462 g/mol. The van der Waals surface area contributed by atoms with Gasteiger partial charge in [0.1, 0.15) is 0 Å². The van der Waals surface area contributed by atoms with Crippen LogP contribution in [-0.2, 0) is 17.8 Å². The zero-order valence-electron chi connectivity index (χ0n) is 17.7. The summed E-state index contributed by atoms with van der Waals surface area (Å²) in [6.07, 6.45) is 0.861. The third kappa shape index (κ3) is 5.39. The Morgan fingerprint density at radius 3 is 2.44 bits per heavy atom. The third-order valence-electron chi connectivity index (χ3n) is 5.01. The molecule has 0 bridgehead atoms. The van der Waals surface area contributed by atoms with Gasteiger partial charge in [-0.05, 0) is 47.9 Å². The van der Waals surface area contributed by atoms with Crippen LogP contribution in [0.15, 0.2) is 84.0 Å². The van der Waals surface area contributed by atoms with E-state index in [1.165, 1.54) is 11.8 Å². The van der Waals surface area contributed by atoms with E-state index in [0.717, 1.165) is 34.6 Å². The standard InChI is InChI=1S/C25H23ClN4OS/c1-2-19-10-6-7-11-22(19)27-23(31)17-32-25-29-28-24(20-12-14-21(26)15-13-20)30(25)16-18-8-4-3-5-9-18/h3-15H,2,16-17H2,1H3,(H,27,31). The van der Waals surface area contributed by atoms with Crippen molar-refractivity contribution in [3.63, 3.8) is 0 Å². The number of anilines is 1. The Morgan fingerprint density at radius 2 is 1.69 bits per heavy atom. The number of thioether (sulfide) groups is 1. The molecule has 1 heterocycles. The first kappa shape index (κ1) is 22.1. The largest absolute Gasteiger partial charge is 0.325 e. The number of nitrogens with zero attached hydrogens (tertiary/aromatic N) is 3. The molecule has 7 heteroatoms. The summed E-state index contributed by atoms with van der Waals surface area (Å²) in [6, 6.07) is 25.5. The van der Waals surface area contributed by atoms with E-state index in [1.54, 1.807) is 0 Å². The second-order valence-corrected chi connectivity index (χ2v) is 8.61. The number of carbonyl (C=O) groups excluding carboxylic acids is 1. The lowest BCUT2D eigenvalue weighted by molar-refractivity contribution is -0.113. The van der Waals surface area contributed by atoms with Gasteiger partial charge in [0, 0.05) is 16.3 Å². The van der Waals surface area contributed by atoms with E-state index in [4.69, 9.17) is 11.6 Å². The van der Waals surface area contributed by atoms with E-state index in [2.05, 4.69) is 34.6 Å². The molecule has 4 rings (SSSR count). The Labute approximate surface area is 196 Å². The predicted octanol–water partition coefficient (Wildman–Crippen LogP) is 5.94. The summed E-state index contributed by atoms with van der Waals surface area (Å²) in [7, 11) is 0. The van der Waals surface area contributed by atoms with Crippen LogP contribution in [0.1, 0.15) is 18.1 Å². The molecule has 5 nitrogen and oxygen atoms in total. The summed E-state index contributed by atoms with van der Waals surface area (Å²) in [6.45, 7) is 2.68. The summed E-state index contributed by atoms with van der Waals surface area (Å²) in [4.78, 5) is 12.6. The van der Waals surface area contributed by atoms with Gasteiger partial charge >= 0.3 is 0 Å². The Bertz CT molecular complexity index is 1190. The molecule has 4 aromatic rings. The Balaban J connectivity index is 1.55. The lowest BCUT2D eigenvalue weighted by Crippen LogP contribution is -2.16. The zero-order chi connectivity index (χ0) is 22.3. The summed E-state index contributed by atoms with van der Waals surface area (Å²) in [5.74, 6) is 0.911. The van der Waals surface area contributed by atoms with Crippen LogP contribution in [0.3, 0.4) is 0 Å². The topological polar surface area (TPSA) is 59.8 Å². The second-order valence-electron chi connectivity index (χ2n) is 7.23. The van der Waals surface area contributed by atoms with Crippen molar-refractivity contribution in [3.05, 3.63) is 95.0 Å². The van der Waals surface area contributed by atoms with E-state index < -0.39 is 0 Å². The number of nitrogens with one attached hydrogen (secondary N) is 1. The molecule has 0 atom stereocenters. The SMILES string of the molecule is CCc1ccccc1NC(=O)CSc1nnc(-c2ccc(Cl)cc2)n1Cc1ccccc1. The summed E-state index contributed by atoms with van der Waals surface area (Å²) in [5, 5.41) is 13.2. The van der Waals surface area contributed by atoms with Gasteiger partial charge in [-0.2, -0.15) is 0 Å². The van der Waals surface area contributed by atoms with Crippen LogP contribution in [0.5, 0.6) is 0 Å². The average molecular weight is 463 g/mol. The number of para-hydroxylation sites is 1. The van der Waals surface area contributed by atoms with Crippen molar-refractivity contribution in [2.24, 2.45) is 0 Å². The van der Waals surface area contributed by atoms with Crippen LogP contribution in [0, 0.1) is 0 Å². The quantitative estimate of drug-likeness (QED) is 0.329. The fraction of sp³-hybridized carbons (Fsp3) is 0.160. The first-order valence-corrected chi connectivity index (χ1v) is 11.7. The van der Waals surface area contributed by atoms with Gasteiger partial charge in [-0.25, -0.2) is 0 Å². The number of amides is 1. The minimum atomic E-state index is -0.0711. The maximum atomic E-state index is 12.6. The fourth-order valence-electron chi connectivity index (χ4n) is 3.38. The molecule has 1 amide bonds. The molecule has 1 aromatic heterocycles. The van der Waals surface area contributed by atoms with Crippen LogP contribution in [0.4, 0.5) is 5.69 Å². The summed E-state index contributed by atoms with van der Waals surface area (Å²) >= 11 is 7.43. The number of carbonyl (C=O) groups is 1. The van der Waals surface area contributed by atoms with Gasteiger partial charge in [-0.15, -0.1) is 10.2 Å². The van der Waals surface area contributed by atoms with Crippen molar-refractivity contribution in [1.29, 1.82) is 0 Å². The van der Waals surface area contributed by atoms with E-state index in [-0.39, 0.29) is 11.7 Å². The minimum Gasteiger partial charge on any atom is -0.325 e. The normalized spacial score (nSPS) is 10.8. The van der Waals surface area contributed by atoms with E-state index in [0.29, 0.717) is 16.7 Å². The molecule has 1 N–H and O–H groups in total. The molecular weight excluding hydrogens is 440 g/mol. The van der Waals surface area contributed by atoms with Gasteiger partial charge in [0.15, 0.2) is 11.0 Å². The minimum absolute atomic E-state index is 0.0711. The van der Waals surface area contributed by atoms with Gasteiger partial charge in [-0.3, -0.25) is 9.36 Å². The van der Waals surface area contributed by atoms with Gasteiger partial charge in [0.2, 0.25) is 5.91 Å². The van der Waals surface area contributed by atoms with Crippen molar-refractivity contribution in [2.45, 2.75) is 25.0 Å². The number of halogens is 1. The molecule has 0 aliphatic rings. The predicted molar refractivity (Wildman–Crippen MR) is 131 cm³/mol. The molecule has 0 fully saturated rings. The molecule has 0 radical (unpaired) electrons. The van der Waals surface area contributed by atoms with Gasteiger partial charge in [0.05, 0.1) is 12.3 Å². The fourth-order valence-corrected chi connectivity index (χ4v) is 4.25. The second kappa shape index (κ2) is 10.5. The maximum absolute atomic E-state index is 12.6. The van der Waals surface area contributed by atoms with E-state index >= 15 is 0 Å². The first-order valence-electron chi connectivity index (χ1n) is 10.4.